The van der Waals surface area contributed by atoms with Gasteiger partial charge in [-0.05, 0) is 13.1 Å². The van der Waals surface area contributed by atoms with Crippen molar-refractivity contribution in [3.05, 3.63) is 18.5 Å². The minimum atomic E-state index is 0.236. The van der Waals surface area contributed by atoms with Crippen LogP contribution in [0.1, 0.15) is 0 Å². The van der Waals surface area contributed by atoms with E-state index in [0.717, 1.165) is 31.9 Å². The van der Waals surface area contributed by atoms with Gasteiger partial charge in [-0.15, -0.1) is 0 Å². The normalized spacial score (nSPS) is 21.9. The first kappa shape index (κ1) is 11.2. The molecule has 0 aromatic carbocycles. The maximum absolute atomic E-state index is 5.65. The highest BCUT2D eigenvalue weighted by atomic mass is 16.5. The number of likely N-dealkylation sites (N-methyl/N-ethyl adjacent to an activating group) is 1. The van der Waals surface area contributed by atoms with E-state index in [2.05, 4.69) is 22.2 Å². The maximum atomic E-state index is 5.65. The molecular formula is C11H18N4O. The molecule has 1 aromatic heterocycles. The maximum Gasteiger partial charge on any atom is 0.0874 e. The molecule has 0 aliphatic carbocycles. The molecule has 5 heteroatoms. The Hall–Kier alpha value is -1.33. The van der Waals surface area contributed by atoms with E-state index < -0.39 is 0 Å². The Morgan fingerprint density at radius 3 is 3.25 bits per heavy atom. The second kappa shape index (κ2) is 5.14. The molecule has 3 N–H and O–H groups in total. The van der Waals surface area contributed by atoms with E-state index in [1.165, 1.54) is 0 Å². The fourth-order valence-electron chi connectivity index (χ4n) is 1.78. The molecule has 1 aromatic rings. The van der Waals surface area contributed by atoms with E-state index in [0.29, 0.717) is 5.69 Å². The second-order valence-corrected chi connectivity index (χ2v) is 4.14. The number of pyridine rings is 1. The summed E-state index contributed by atoms with van der Waals surface area (Å²) in [5, 5.41) is 3.28. The Bertz CT molecular complexity index is 345. The summed E-state index contributed by atoms with van der Waals surface area (Å²) in [6.07, 6.45) is 3.64. The quantitative estimate of drug-likeness (QED) is 0.775. The minimum absolute atomic E-state index is 0.236. The lowest BCUT2D eigenvalue weighted by Gasteiger charge is -2.30. The number of morpholine rings is 1. The van der Waals surface area contributed by atoms with Crippen LogP contribution in [0, 0.1) is 0 Å². The molecule has 1 aliphatic rings. The third-order valence-electron chi connectivity index (χ3n) is 2.64. The number of anilines is 2. The Labute approximate surface area is 95.6 Å². The van der Waals surface area contributed by atoms with Crippen molar-refractivity contribution < 1.29 is 4.74 Å². The summed E-state index contributed by atoms with van der Waals surface area (Å²) in [4.78, 5) is 6.30. The number of nitrogens with one attached hydrogen (secondary N) is 1. The number of hydrogen-bond acceptors (Lipinski definition) is 5. The van der Waals surface area contributed by atoms with Crippen LogP contribution in [0.2, 0.25) is 0 Å². The van der Waals surface area contributed by atoms with Crippen molar-refractivity contribution in [2.75, 3.05) is 44.3 Å². The second-order valence-electron chi connectivity index (χ2n) is 4.14. The van der Waals surface area contributed by atoms with E-state index in [-0.39, 0.29) is 6.10 Å². The summed E-state index contributed by atoms with van der Waals surface area (Å²) in [6.45, 7) is 3.56. The number of nitrogens with zero attached hydrogens (tertiary/aromatic N) is 2. The molecule has 2 heterocycles. The lowest BCUT2D eigenvalue weighted by Crippen LogP contribution is -2.43. The molecule has 0 saturated carbocycles. The summed E-state index contributed by atoms with van der Waals surface area (Å²) in [5.41, 5.74) is 7.26. The number of ether oxygens (including phenoxy) is 1. The fraction of sp³-hybridized carbons (Fsp3) is 0.545. The molecule has 88 valence electrons. The Morgan fingerprint density at radius 2 is 2.50 bits per heavy atom. The van der Waals surface area contributed by atoms with E-state index in [1.54, 1.807) is 12.4 Å². The summed E-state index contributed by atoms with van der Waals surface area (Å²) in [5.74, 6) is 0. The standard InChI is InChI=1S/C11H18N4O/c1-15-2-3-16-11(8-15)7-14-10-4-9(12)5-13-6-10/h4-6,11,14H,2-3,7-8,12H2,1H3. The van der Waals surface area contributed by atoms with Crippen molar-refractivity contribution in [1.82, 2.24) is 9.88 Å². The van der Waals surface area contributed by atoms with Crippen molar-refractivity contribution in [2.45, 2.75) is 6.10 Å². The molecule has 0 bridgehead atoms. The summed E-state index contributed by atoms with van der Waals surface area (Å²) in [6, 6.07) is 1.87. The molecule has 1 saturated heterocycles. The van der Waals surface area contributed by atoms with Crippen molar-refractivity contribution in [3.63, 3.8) is 0 Å². The van der Waals surface area contributed by atoms with Gasteiger partial charge in [-0.25, -0.2) is 0 Å². The van der Waals surface area contributed by atoms with E-state index in [9.17, 15) is 0 Å². The van der Waals surface area contributed by atoms with Gasteiger partial charge < -0.3 is 20.7 Å². The van der Waals surface area contributed by atoms with Gasteiger partial charge in [0.15, 0.2) is 0 Å². The van der Waals surface area contributed by atoms with Crippen LogP contribution in [0.25, 0.3) is 0 Å². The SMILES string of the molecule is CN1CCOC(CNc2cncc(N)c2)C1. The van der Waals surface area contributed by atoms with Crippen molar-refractivity contribution in [1.29, 1.82) is 0 Å². The van der Waals surface area contributed by atoms with Crippen LogP contribution in [0.4, 0.5) is 11.4 Å². The van der Waals surface area contributed by atoms with Gasteiger partial charge in [0.1, 0.15) is 0 Å². The third-order valence-corrected chi connectivity index (χ3v) is 2.64. The van der Waals surface area contributed by atoms with Gasteiger partial charge in [-0.3, -0.25) is 4.98 Å². The van der Waals surface area contributed by atoms with Gasteiger partial charge >= 0.3 is 0 Å². The zero-order valence-electron chi connectivity index (χ0n) is 9.52. The topological polar surface area (TPSA) is 63.4 Å². The van der Waals surface area contributed by atoms with Gasteiger partial charge in [-0.1, -0.05) is 0 Å². The summed E-state index contributed by atoms with van der Waals surface area (Å²) >= 11 is 0. The fourth-order valence-corrected chi connectivity index (χ4v) is 1.78. The molecule has 1 aliphatic heterocycles. The Kier molecular flexibility index (Phi) is 3.58. The molecule has 2 rings (SSSR count). The van der Waals surface area contributed by atoms with Crippen LogP contribution in [-0.2, 0) is 4.74 Å². The third kappa shape index (κ3) is 3.08. The largest absolute Gasteiger partial charge is 0.397 e. The predicted molar refractivity (Wildman–Crippen MR) is 64.4 cm³/mol. The van der Waals surface area contributed by atoms with Gasteiger partial charge in [0.25, 0.3) is 0 Å². The van der Waals surface area contributed by atoms with Gasteiger partial charge in [-0.2, -0.15) is 0 Å². The monoisotopic (exact) mass is 222 g/mol. The highest BCUT2D eigenvalue weighted by molar-refractivity contribution is 5.51. The number of nitrogens with two attached hydrogens (primary N) is 1. The first-order chi connectivity index (χ1) is 7.74. The lowest BCUT2D eigenvalue weighted by atomic mass is 10.2. The van der Waals surface area contributed by atoms with E-state index >= 15 is 0 Å². The van der Waals surface area contributed by atoms with Crippen molar-refractivity contribution in [2.24, 2.45) is 0 Å². The van der Waals surface area contributed by atoms with E-state index in [4.69, 9.17) is 10.5 Å². The Morgan fingerprint density at radius 1 is 1.62 bits per heavy atom. The molecule has 1 unspecified atom stereocenters. The molecule has 0 amide bonds. The molecule has 0 spiro atoms. The zero-order valence-corrected chi connectivity index (χ0v) is 9.52. The zero-order chi connectivity index (χ0) is 11.4. The van der Waals surface area contributed by atoms with Crippen LogP contribution in [0.15, 0.2) is 18.5 Å². The highest BCUT2D eigenvalue weighted by Crippen LogP contribution is 2.10. The summed E-state index contributed by atoms with van der Waals surface area (Å²) in [7, 11) is 2.11. The molecule has 16 heavy (non-hydrogen) atoms. The average molecular weight is 222 g/mol. The Balaban J connectivity index is 1.82. The number of hydrogen-bond donors (Lipinski definition) is 2. The molecule has 1 fully saturated rings. The lowest BCUT2D eigenvalue weighted by molar-refractivity contribution is -0.0117. The predicted octanol–water partition coefficient (Wildman–Crippen LogP) is 0.406. The number of nitrogen functional groups attached to an aromatic ring is 1. The number of aromatic nitrogens is 1. The first-order valence-electron chi connectivity index (χ1n) is 5.48. The molecular weight excluding hydrogens is 204 g/mol. The number of rotatable bonds is 3. The van der Waals surface area contributed by atoms with Gasteiger partial charge in [0.2, 0.25) is 0 Å². The van der Waals surface area contributed by atoms with Crippen LogP contribution in [-0.4, -0.2) is 49.3 Å². The molecule has 5 nitrogen and oxygen atoms in total. The van der Waals surface area contributed by atoms with E-state index in [1.807, 2.05) is 6.07 Å². The average Bonchev–Trinajstić information content (AvgIpc) is 2.27. The minimum Gasteiger partial charge on any atom is -0.397 e. The first-order valence-corrected chi connectivity index (χ1v) is 5.48. The van der Waals surface area contributed by atoms with Gasteiger partial charge in [0.05, 0.1) is 30.3 Å². The highest BCUT2D eigenvalue weighted by Gasteiger charge is 2.16. The summed E-state index contributed by atoms with van der Waals surface area (Å²) < 4.78 is 5.64. The molecule has 0 radical (unpaired) electrons. The van der Waals surface area contributed by atoms with Crippen LogP contribution in [0.5, 0.6) is 0 Å². The van der Waals surface area contributed by atoms with Crippen LogP contribution < -0.4 is 11.1 Å². The van der Waals surface area contributed by atoms with Crippen LogP contribution in [0.3, 0.4) is 0 Å². The molecule has 1 atom stereocenters. The van der Waals surface area contributed by atoms with Crippen LogP contribution >= 0.6 is 0 Å². The van der Waals surface area contributed by atoms with Crippen molar-refractivity contribution in [3.8, 4) is 0 Å². The smallest absolute Gasteiger partial charge is 0.0874 e. The van der Waals surface area contributed by atoms with Gasteiger partial charge in [0, 0.05) is 25.8 Å². The van der Waals surface area contributed by atoms with Crippen molar-refractivity contribution >= 4 is 11.4 Å².